The number of rotatable bonds is 6. The minimum absolute atomic E-state index is 0. The van der Waals surface area contributed by atoms with Gasteiger partial charge in [0, 0.05) is 70.6 Å². The van der Waals surface area contributed by atoms with Crippen molar-refractivity contribution < 1.29 is 25.2 Å². The maximum absolute atomic E-state index is 11.6. The second-order valence-corrected chi connectivity index (χ2v) is 9.39. The molecule has 0 aromatic heterocycles. The lowest BCUT2D eigenvalue weighted by Gasteiger charge is -2.14. The Balaban J connectivity index is 0. The highest BCUT2D eigenvalue weighted by molar-refractivity contribution is 7.49. The summed E-state index contributed by atoms with van der Waals surface area (Å²) in [5, 5.41) is 0. The minimum atomic E-state index is -0.667. The second-order valence-electron chi connectivity index (χ2n) is 9.39. The van der Waals surface area contributed by atoms with Crippen molar-refractivity contribution in [2.75, 3.05) is 0 Å². The van der Waals surface area contributed by atoms with E-state index >= 15 is 0 Å². The standard InChI is InChI=1S/C16H18O3.C9H16O2.B4.B3.H2/c1-11(2)9-14-12(3)15(17)19-16(14)18-10-13-7-5-4-6-8-13;1-6(2)4-8-5-9(10)11-7(8)3;1-4(2)3;1-3-2;/h4-9,16H,10H2,1-3H3;6-8H,4-5H2,1-3H3;;;1H. The second kappa shape index (κ2) is 19.2. The number of benzene rings is 1. The van der Waals surface area contributed by atoms with Crippen molar-refractivity contribution in [2.45, 2.75) is 73.4 Å². The van der Waals surface area contributed by atoms with Gasteiger partial charge in [0.15, 0.2) is 0 Å². The van der Waals surface area contributed by atoms with Crippen molar-refractivity contribution >= 4 is 64.1 Å². The minimum Gasteiger partial charge on any atom is -0.462 e. The lowest BCUT2D eigenvalue weighted by molar-refractivity contribution is -0.161. The van der Waals surface area contributed by atoms with E-state index in [4.69, 9.17) is 14.2 Å². The van der Waals surface area contributed by atoms with Crippen LogP contribution in [0.1, 0.15) is 61.4 Å². The number of allylic oxidation sites excluding steroid dienone is 1. The molecule has 1 aromatic rings. The SMILES string of the molecule is CC(C)=CC1=C(C)C(=O)OC1OCc1ccccc1.CC(C)CC1CC(=O)OC1C.[B]B([B])[B].[B][B][B].[HH]. The Hall–Kier alpha value is -1.95. The highest BCUT2D eigenvalue weighted by Crippen LogP contribution is 2.28. The Morgan fingerprint density at radius 3 is 2.14 bits per heavy atom. The quantitative estimate of drug-likeness (QED) is 0.452. The van der Waals surface area contributed by atoms with Crippen LogP contribution in [0.25, 0.3) is 0 Å². The first-order valence-electron chi connectivity index (χ1n) is 12.3. The molecule has 37 heavy (non-hydrogen) atoms. The molecule has 0 aliphatic carbocycles. The largest absolute Gasteiger partial charge is 0.462 e. The Bertz CT molecular complexity index is 875. The van der Waals surface area contributed by atoms with E-state index in [-0.39, 0.29) is 19.5 Å². The third-order valence-corrected chi connectivity index (χ3v) is 5.08. The number of hydrogen-bond acceptors (Lipinski definition) is 5. The third kappa shape index (κ3) is 15.8. The van der Waals surface area contributed by atoms with Crippen LogP contribution in [0.2, 0.25) is 0 Å². The van der Waals surface area contributed by atoms with Gasteiger partial charge in [-0.1, -0.05) is 55.8 Å². The molecule has 2 aliphatic heterocycles. The zero-order valence-electron chi connectivity index (χ0n) is 23.0. The van der Waals surface area contributed by atoms with Crippen LogP contribution in [0.3, 0.4) is 0 Å². The van der Waals surface area contributed by atoms with Gasteiger partial charge >= 0.3 is 11.9 Å². The van der Waals surface area contributed by atoms with E-state index < -0.39 is 12.7 Å². The van der Waals surface area contributed by atoms with Crippen molar-refractivity contribution in [3.8, 4) is 0 Å². The van der Waals surface area contributed by atoms with Gasteiger partial charge in [0.05, 0.1) is 13.0 Å². The van der Waals surface area contributed by atoms with Crippen LogP contribution < -0.4 is 0 Å². The molecule has 2 heterocycles. The smallest absolute Gasteiger partial charge is 0.336 e. The summed E-state index contributed by atoms with van der Waals surface area (Å²) in [6.45, 7) is 12.5. The molecule has 3 rings (SSSR count). The van der Waals surface area contributed by atoms with Crippen LogP contribution in [0, 0.1) is 11.8 Å². The van der Waals surface area contributed by atoms with Crippen molar-refractivity contribution in [2.24, 2.45) is 11.8 Å². The van der Waals surface area contributed by atoms with Gasteiger partial charge in [-0.15, -0.1) is 0 Å². The maximum Gasteiger partial charge on any atom is 0.336 e. The van der Waals surface area contributed by atoms with Gasteiger partial charge < -0.3 is 14.2 Å². The number of hydrogen-bond donors (Lipinski definition) is 0. The van der Waals surface area contributed by atoms with Gasteiger partial charge in [-0.25, -0.2) is 4.79 Å². The number of cyclic esters (lactones) is 2. The fraction of sp³-hybridized carbons (Fsp3) is 0.520. The molecule has 0 saturated carbocycles. The maximum atomic E-state index is 11.6. The Morgan fingerprint density at radius 2 is 1.70 bits per heavy atom. The van der Waals surface area contributed by atoms with E-state index in [9.17, 15) is 9.59 Å². The molecular weight excluding hydrogens is 456 g/mol. The molecule has 0 amide bonds. The summed E-state index contributed by atoms with van der Waals surface area (Å²) < 4.78 is 16.0. The third-order valence-electron chi connectivity index (χ3n) is 5.08. The van der Waals surface area contributed by atoms with Crippen LogP contribution in [0.4, 0.5) is 0 Å². The lowest BCUT2D eigenvalue weighted by Crippen LogP contribution is -2.15. The van der Waals surface area contributed by atoms with Crippen molar-refractivity contribution in [1.82, 2.24) is 0 Å². The van der Waals surface area contributed by atoms with E-state index in [1.807, 2.05) is 57.2 Å². The molecule has 5 nitrogen and oxygen atoms in total. The molecule has 2 aliphatic rings. The molecule has 0 bridgehead atoms. The number of carbonyl (C=O) groups is 2. The molecule has 11 radical (unpaired) electrons. The summed E-state index contributed by atoms with van der Waals surface area (Å²) in [4.78, 5) is 22.4. The average molecular weight is 492 g/mol. The predicted octanol–water partition coefficient (Wildman–Crippen LogP) is 2.93. The molecule has 12 heteroatoms. The Labute approximate surface area is 233 Å². The van der Waals surface area contributed by atoms with E-state index in [0.29, 0.717) is 30.4 Å². The van der Waals surface area contributed by atoms with Gasteiger partial charge in [-0.2, -0.15) is 0 Å². The van der Waals surface area contributed by atoms with Crippen molar-refractivity contribution in [1.29, 1.82) is 0 Å². The Kier molecular flexibility index (Phi) is 18.2. The summed E-state index contributed by atoms with van der Waals surface area (Å²) >= 11 is 0. The number of ether oxygens (including phenoxy) is 3. The number of carbonyl (C=O) groups excluding carboxylic acids is 2. The van der Waals surface area contributed by atoms with Gasteiger partial charge in [0.25, 0.3) is 0 Å². The fourth-order valence-electron chi connectivity index (χ4n) is 3.51. The average Bonchev–Trinajstić information content (AvgIpc) is 3.24. The summed E-state index contributed by atoms with van der Waals surface area (Å²) in [5.41, 5.74) is 3.61. The lowest BCUT2D eigenvalue weighted by atomic mass is 9.08. The summed E-state index contributed by atoms with van der Waals surface area (Å²) in [6.07, 6.45) is 2.55. The first kappa shape index (κ1) is 35.1. The molecule has 1 saturated heterocycles. The monoisotopic (exact) mass is 493 g/mol. The van der Waals surface area contributed by atoms with Gasteiger partial charge in [-0.05, 0) is 45.6 Å². The van der Waals surface area contributed by atoms with E-state index in [2.05, 4.69) is 52.5 Å². The van der Waals surface area contributed by atoms with Gasteiger partial charge in [-0.3, -0.25) is 4.79 Å². The van der Waals surface area contributed by atoms with Crippen LogP contribution in [-0.2, 0) is 30.4 Å². The molecule has 0 N–H and O–H groups in total. The Morgan fingerprint density at radius 1 is 1.16 bits per heavy atom. The fourth-order valence-corrected chi connectivity index (χ4v) is 3.51. The summed E-state index contributed by atoms with van der Waals surface area (Å²) in [6, 6.07) is 9.83. The van der Waals surface area contributed by atoms with Crippen LogP contribution >= 0.6 is 0 Å². The zero-order chi connectivity index (χ0) is 28.5. The summed E-state index contributed by atoms with van der Waals surface area (Å²) in [5.74, 6) is 0.799. The summed E-state index contributed by atoms with van der Waals surface area (Å²) in [7, 11) is 24.0. The molecule has 1 aromatic carbocycles. The predicted molar refractivity (Wildman–Crippen MR) is 159 cm³/mol. The highest BCUT2D eigenvalue weighted by Gasteiger charge is 2.31. The van der Waals surface area contributed by atoms with Gasteiger partial charge in [0.1, 0.15) is 6.10 Å². The first-order valence-corrected chi connectivity index (χ1v) is 12.3. The van der Waals surface area contributed by atoms with Crippen molar-refractivity contribution in [3.05, 3.63) is 58.7 Å². The van der Waals surface area contributed by atoms with E-state index in [0.717, 1.165) is 30.2 Å². The molecular formula is C25H36B7O5. The zero-order valence-corrected chi connectivity index (χ0v) is 23.0. The normalized spacial score (nSPS) is 19.7. The van der Waals surface area contributed by atoms with Crippen LogP contribution in [-0.4, -0.2) is 76.5 Å². The van der Waals surface area contributed by atoms with Crippen LogP contribution in [0.15, 0.2) is 53.1 Å². The number of esters is 2. The highest BCUT2D eigenvalue weighted by atomic mass is 16.7. The molecule has 3 unspecified atom stereocenters. The molecule has 3 atom stereocenters. The molecule has 1 fully saturated rings. The van der Waals surface area contributed by atoms with E-state index in [1.165, 1.54) is 0 Å². The van der Waals surface area contributed by atoms with Crippen LogP contribution in [0.5, 0.6) is 0 Å². The first-order chi connectivity index (χ1) is 17.3. The van der Waals surface area contributed by atoms with Gasteiger partial charge in [0.2, 0.25) is 6.29 Å². The topological polar surface area (TPSA) is 61.8 Å². The molecule has 187 valence electrons. The molecule has 0 spiro atoms. The van der Waals surface area contributed by atoms with Crippen molar-refractivity contribution in [3.63, 3.8) is 0 Å². The van der Waals surface area contributed by atoms with E-state index in [1.54, 1.807) is 6.92 Å².